The molecule has 1 aliphatic heterocycles. The first kappa shape index (κ1) is 16.2. The monoisotopic (exact) mass is 324 g/mol. The lowest BCUT2D eigenvalue weighted by molar-refractivity contribution is -0.384. The summed E-state index contributed by atoms with van der Waals surface area (Å²) in [4.78, 5) is 25.2. The van der Waals surface area contributed by atoms with Crippen molar-refractivity contribution in [1.82, 2.24) is 4.90 Å². The lowest BCUT2D eigenvalue weighted by Gasteiger charge is -2.37. The number of non-ortho nitro benzene ring substituents is 1. The molecule has 0 N–H and O–H groups in total. The Bertz CT molecular complexity index is 728. The van der Waals surface area contributed by atoms with E-state index in [0.29, 0.717) is 0 Å². The second-order valence-corrected chi connectivity index (χ2v) is 6.16. The lowest BCUT2D eigenvalue weighted by Crippen LogP contribution is -2.41. The van der Waals surface area contributed by atoms with Gasteiger partial charge < -0.3 is 4.90 Å². The Labute approximate surface area is 141 Å². The van der Waals surface area contributed by atoms with Gasteiger partial charge in [-0.1, -0.05) is 42.5 Å². The maximum Gasteiger partial charge on any atom is 0.269 e. The van der Waals surface area contributed by atoms with Crippen molar-refractivity contribution < 1.29 is 9.72 Å². The first-order valence-corrected chi connectivity index (χ1v) is 8.17. The Kier molecular flexibility index (Phi) is 4.60. The number of carbonyl (C=O) groups is 1. The lowest BCUT2D eigenvalue weighted by atomic mass is 9.88. The Morgan fingerprint density at radius 3 is 2.42 bits per heavy atom. The van der Waals surface area contributed by atoms with Crippen molar-refractivity contribution in [2.75, 3.05) is 6.54 Å². The number of nitrogens with zero attached hydrogens (tertiary/aromatic N) is 2. The topological polar surface area (TPSA) is 63.4 Å². The van der Waals surface area contributed by atoms with Gasteiger partial charge in [-0.15, -0.1) is 0 Å². The molecule has 0 spiro atoms. The van der Waals surface area contributed by atoms with E-state index in [1.165, 1.54) is 12.1 Å². The number of rotatable bonds is 4. The molecule has 5 heteroatoms. The number of amides is 1. The van der Waals surface area contributed by atoms with Gasteiger partial charge in [0.05, 0.1) is 16.9 Å². The molecule has 2 aromatic carbocycles. The highest BCUT2D eigenvalue weighted by Gasteiger charge is 2.33. The minimum atomic E-state index is -0.420. The highest BCUT2D eigenvalue weighted by atomic mass is 16.6. The molecule has 1 heterocycles. The molecule has 1 amide bonds. The molecule has 0 bridgehead atoms. The van der Waals surface area contributed by atoms with Crippen LogP contribution in [0.3, 0.4) is 0 Å². The van der Waals surface area contributed by atoms with Crippen LogP contribution in [0.1, 0.15) is 42.9 Å². The highest BCUT2D eigenvalue weighted by molar-refractivity contribution is 5.85. The summed E-state index contributed by atoms with van der Waals surface area (Å²) in [6, 6.07) is 16.4. The van der Waals surface area contributed by atoms with E-state index in [2.05, 4.69) is 0 Å². The van der Waals surface area contributed by atoms with Gasteiger partial charge in [0.15, 0.2) is 0 Å². The van der Waals surface area contributed by atoms with Crippen LogP contribution < -0.4 is 0 Å². The number of nitro groups is 1. The summed E-state index contributed by atoms with van der Waals surface area (Å²) in [5.74, 6) is -0.114. The number of piperidine rings is 1. The fourth-order valence-corrected chi connectivity index (χ4v) is 3.33. The normalized spacial score (nSPS) is 19.1. The molecule has 24 heavy (non-hydrogen) atoms. The zero-order chi connectivity index (χ0) is 17.1. The number of hydrogen-bond donors (Lipinski definition) is 0. The van der Waals surface area contributed by atoms with Crippen molar-refractivity contribution in [2.24, 2.45) is 0 Å². The van der Waals surface area contributed by atoms with Gasteiger partial charge in [-0.25, -0.2) is 0 Å². The summed E-state index contributed by atoms with van der Waals surface area (Å²) >= 11 is 0. The first-order valence-electron chi connectivity index (χ1n) is 8.17. The quantitative estimate of drug-likeness (QED) is 0.629. The first-order chi connectivity index (χ1) is 11.6. The highest BCUT2D eigenvalue weighted by Crippen LogP contribution is 2.33. The van der Waals surface area contributed by atoms with E-state index < -0.39 is 4.92 Å². The summed E-state index contributed by atoms with van der Waals surface area (Å²) in [5.41, 5.74) is 2.03. The molecule has 5 nitrogen and oxygen atoms in total. The smallest absolute Gasteiger partial charge is 0.269 e. The van der Waals surface area contributed by atoms with Gasteiger partial charge in [0.2, 0.25) is 5.91 Å². The zero-order valence-corrected chi connectivity index (χ0v) is 13.6. The van der Waals surface area contributed by atoms with Crippen molar-refractivity contribution in [3.8, 4) is 0 Å². The second kappa shape index (κ2) is 6.83. The molecule has 2 atom stereocenters. The molecule has 0 unspecified atom stereocenters. The summed E-state index contributed by atoms with van der Waals surface area (Å²) < 4.78 is 0. The fraction of sp³-hybridized carbons (Fsp3) is 0.316. The minimum Gasteiger partial charge on any atom is -0.335 e. The van der Waals surface area contributed by atoms with Gasteiger partial charge in [0.1, 0.15) is 0 Å². The van der Waals surface area contributed by atoms with Crippen molar-refractivity contribution in [3.05, 3.63) is 75.8 Å². The third kappa shape index (κ3) is 3.15. The van der Waals surface area contributed by atoms with E-state index in [4.69, 9.17) is 0 Å². The standard InChI is InChI=1S/C19H20N2O3/c1-14(15-6-3-2-4-7-15)20-13-5-8-18(19(20)22)16-9-11-17(12-10-16)21(23)24/h2-4,6-7,9-12,14,18H,5,8,13H2,1H3/t14-,18+/m0/s1. The third-order valence-corrected chi connectivity index (χ3v) is 4.73. The molecule has 1 aliphatic rings. The van der Waals surface area contributed by atoms with Crippen molar-refractivity contribution in [3.63, 3.8) is 0 Å². The van der Waals surface area contributed by atoms with Crippen LogP contribution in [0.15, 0.2) is 54.6 Å². The van der Waals surface area contributed by atoms with Crippen LogP contribution in [0.5, 0.6) is 0 Å². The van der Waals surface area contributed by atoms with Gasteiger partial charge in [-0.05, 0) is 30.9 Å². The van der Waals surface area contributed by atoms with Crippen LogP contribution in [0, 0.1) is 10.1 Å². The number of benzene rings is 2. The van der Waals surface area contributed by atoms with E-state index in [-0.39, 0.29) is 23.6 Å². The van der Waals surface area contributed by atoms with Crippen LogP contribution in [0.25, 0.3) is 0 Å². The van der Waals surface area contributed by atoms with Crippen LogP contribution in [0.2, 0.25) is 0 Å². The number of likely N-dealkylation sites (tertiary alicyclic amines) is 1. The fourth-order valence-electron chi connectivity index (χ4n) is 3.33. The van der Waals surface area contributed by atoms with Crippen LogP contribution in [0.4, 0.5) is 5.69 Å². The maximum atomic E-state index is 13.0. The van der Waals surface area contributed by atoms with Crippen molar-refractivity contribution in [1.29, 1.82) is 0 Å². The number of carbonyl (C=O) groups excluding carboxylic acids is 1. The molecule has 124 valence electrons. The molecular formula is C19H20N2O3. The molecule has 0 aliphatic carbocycles. The molecule has 0 aromatic heterocycles. The zero-order valence-electron chi connectivity index (χ0n) is 13.6. The van der Waals surface area contributed by atoms with Crippen molar-refractivity contribution in [2.45, 2.75) is 31.7 Å². The van der Waals surface area contributed by atoms with Gasteiger partial charge >= 0.3 is 0 Å². The Balaban J connectivity index is 1.81. The summed E-state index contributed by atoms with van der Waals surface area (Å²) in [6.45, 7) is 2.80. The molecule has 0 radical (unpaired) electrons. The SMILES string of the molecule is C[C@@H](c1ccccc1)N1CCC[C@H](c2ccc([N+](=O)[O-])cc2)C1=O. The Morgan fingerprint density at radius 2 is 1.79 bits per heavy atom. The Morgan fingerprint density at radius 1 is 1.12 bits per heavy atom. The summed E-state index contributed by atoms with van der Waals surface area (Å²) in [5, 5.41) is 10.8. The molecule has 1 saturated heterocycles. The molecular weight excluding hydrogens is 304 g/mol. The largest absolute Gasteiger partial charge is 0.335 e. The van der Waals surface area contributed by atoms with E-state index in [0.717, 1.165) is 30.5 Å². The van der Waals surface area contributed by atoms with Gasteiger partial charge in [0.25, 0.3) is 5.69 Å². The van der Waals surface area contributed by atoms with Gasteiger partial charge in [-0.2, -0.15) is 0 Å². The average molecular weight is 324 g/mol. The molecule has 2 aromatic rings. The van der Waals surface area contributed by atoms with Gasteiger partial charge in [0, 0.05) is 18.7 Å². The summed E-state index contributed by atoms with van der Waals surface area (Å²) in [7, 11) is 0. The Hall–Kier alpha value is -2.69. The third-order valence-electron chi connectivity index (χ3n) is 4.73. The maximum absolute atomic E-state index is 13.0. The van der Waals surface area contributed by atoms with Crippen molar-refractivity contribution >= 4 is 11.6 Å². The number of hydrogen-bond acceptors (Lipinski definition) is 3. The van der Waals surface area contributed by atoms with E-state index >= 15 is 0 Å². The number of nitro benzene ring substituents is 1. The molecule has 0 saturated carbocycles. The van der Waals surface area contributed by atoms with Crippen LogP contribution >= 0.6 is 0 Å². The van der Waals surface area contributed by atoms with E-state index in [1.807, 2.05) is 42.2 Å². The predicted octanol–water partition coefficient (Wildman–Crippen LogP) is 4.06. The average Bonchev–Trinajstić information content (AvgIpc) is 2.62. The minimum absolute atomic E-state index is 0.0274. The second-order valence-electron chi connectivity index (χ2n) is 6.16. The van der Waals surface area contributed by atoms with E-state index in [1.54, 1.807) is 12.1 Å². The predicted molar refractivity (Wildman–Crippen MR) is 91.6 cm³/mol. The van der Waals surface area contributed by atoms with E-state index in [9.17, 15) is 14.9 Å². The van der Waals surface area contributed by atoms with Crippen LogP contribution in [-0.4, -0.2) is 22.3 Å². The van der Waals surface area contributed by atoms with Gasteiger partial charge in [-0.3, -0.25) is 14.9 Å². The molecule has 1 fully saturated rings. The van der Waals surface area contributed by atoms with Crippen LogP contribution in [-0.2, 0) is 4.79 Å². The molecule has 3 rings (SSSR count). The summed E-state index contributed by atoms with van der Waals surface area (Å²) in [6.07, 6.45) is 1.72.